The lowest BCUT2D eigenvalue weighted by atomic mass is 9.85. The number of fused-ring (bicyclic) bond motifs is 2. The summed E-state index contributed by atoms with van der Waals surface area (Å²) in [6, 6.07) is 25.2. The van der Waals surface area contributed by atoms with Crippen molar-refractivity contribution in [3.8, 4) is 0 Å². The minimum absolute atomic E-state index is 0.0562. The molecule has 5 aromatic rings. The minimum atomic E-state index is -3.83. The first-order valence-electron chi connectivity index (χ1n) is 29.4. The maximum Gasteiger partial charge on any atom is 0.251 e. The van der Waals surface area contributed by atoms with Crippen molar-refractivity contribution in [2.45, 2.75) is 48.1 Å². The number of nitrogens with zero attached hydrogens (tertiary/aromatic N) is 2. The van der Waals surface area contributed by atoms with Crippen molar-refractivity contribution in [3.05, 3.63) is 161 Å². The Labute approximate surface area is 542 Å². The molecule has 5 aromatic carbocycles. The lowest BCUT2D eigenvalue weighted by Crippen LogP contribution is -2.31. The molecule has 0 bridgehead atoms. The fraction of sp³-hybridized carbons (Fsp3) is 0.468. The van der Waals surface area contributed by atoms with E-state index in [1.165, 1.54) is 18.2 Å². The van der Waals surface area contributed by atoms with Crippen LogP contribution in [-0.2, 0) is 66.3 Å². The first-order chi connectivity index (χ1) is 42.8. The molecule has 2 aliphatic heterocycles. The molecular formula is C62H79Cl4N7O14S2. The molecule has 0 saturated heterocycles. The summed E-state index contributed by atoms with van der Waals surface area (Å²) in [6.45, 7) is 8.53. The molecule has 0 aliphatic carbocycles. The van der Waals surface area contributed by atoms with E-state index in [2.05, 4.69) is 35.2 Å². The predicted octanol–water partition coefficient (Wildman–Crippen LogP) is 7.13. The predicted molar refractivity (Wildman–Crippen MR) is 342 cm³/mol. The highest BCUT2D eigenvalue weighted by Crippen LogP contribution is 2.40. The molecule has 2 aliphatic rings. The number of rotatable bonds is 38. The Balaban J connectivity index is 0.735. The molecule has 21 nitrogen and oxygen atoms in total. The Morgan fingerprint density at radius 3 is 1.12 bits per heavy atom. The lowest BCUT2D eigenvalue weighted by Gasteiger charge is -2.33. The fourth-order valence-corrected chi connectivity index (χ4v) is 13.4. The van der Waals surface area contributed by atoms with Crippen LogP contribution in [0.25, 0.3) is 0 Å². The molecule has 0 radical (unpaired) electrons. The van der Waals surface area contributed by atoms with Crippen molar-refractivity contribution in [1.82, 2.24) is 35.2 Å². The monoisotopic (exact) mass is 1350 g/mol. The number of hydrogen-bond donors (Lipinski definition) is 5. The van der Waals surface area contributed by atoms with Gasteiger partial charge in [0.1, 0.15) is 0 Å². The molecule has 5 N–H and O–H groups in total. The molecular weight excluding hydrogens is 1270 g/mol. The summed E-state index contributed by atoms with van der Waals surface area (Å²) in [4.78, 5) is 44.4. The highest BCUT2D eigenvalue weighted by Gasteiger charge is 2.30. The molecule has 2 atom stereocenters. The van der Waals surface area contributed by atoms with Gasteiger partial charge in [-0.3, -0.25) is 14.4 Å². The maximum absolute atomic E-state index is 13.3. The molecule has 27 heteroatoms. The van der Waals surface area contributed by atoms with Gasteiger partial charge in [0.25, 0.3) is 17.7 Å². The zero-order valence-corrected chi connectivity index (χ0v) is 54.9. The van der Waals surface area contributed by atoms with Gasteiger partial charge in [0.05, 0.1) is 95.7 Å². The third-order valence-corrected chi connectivity index (χ3v) is 18.4. The van der Waals surface area contributed by atoms with Crippen molar-refractivity contribution in [1.29, 1.82) is 0 Å². The molecule has 2 unspecified atom stereocenters. The average molecular weight is 1350 g/mol. The fourth-order valence-electron chi connectivity index (χ4n) is 10.1. The number of halogens is 4. The Bertz CT molecular complexity index is 3190. The number of likely N-dealkylation sites (N-methyl/N-ethyl adjacent to an activating group) is 2. The number of ether oxygens (including phenoxy) is 7. The van der Waals surface area contributed by atoms with E-state index in [4.69, 9.17) is 79.6 Å². The van der Waals surface area contributed by atoms with Gasteiger partial charge in [-0.15, -0.1) is 0 Å². The van der Waals surface area contributed by atoms with E-state index in [9.17, 15) is 31.2 Å². The summed E-state index contributed by atoms with van der Waals surface area (Å²) < 4.78 is 97.2. The van der Waals surface area contributed by atoms with Crippen molar-refractivity contribution in [2.75, 3.05) is 152 Å². The third-order valence-electron chi connectivity index (χ3n) is 14.4. The van der Waals surface area contributed by atoms with Crippen LogP contribution in [0.5, 0.6) is 0 Å². The topological polar surface area (TPSA) is 251 Å². The molecule has 7 rings (SSSR count). The lowest BCUT2D eigenvalue weighted by molar-refractivity contribution is 0.0162. The van der Waals surface area contributed by atoms with E-state index < -0.39 is 37.8 Å². The number of benzene rings is 5. The number of amides is 3. The first kappa shape index (κ1) is 71.6. The zero-order chi connectivity index (χ0) is 63.8. The van der Waals surface area contributed by atoms with Crippen LogP contribution < -0.4 is 25.4 Å². The standard InChI is InChI=1S/C62H79Cl4N7O14S2/c1-4-16-81-17-11-67-60(74)45-30-46(61(75)68-12-18-82-22-26-86-28-24-84-20-14-70-88(77,78)50-9-5-7-43(33-50)54-39-72(2)41-56-52(54)35-48(63)37-58(56)65)32-47(31-45)62(76)69-13-19-83-23-27-87-29-25-85-21-15-71-89(79,80)51-10-6-8-44(34-51)55-40-73(3)42-57-53(55)36-49(64)38-59(57)66/h5-10,30-38,54-55,70-71H,4,11-29,39-42H2,1-3H3,(H,67,74)(H,68,75)(H,69,76). The Hall–Kier alpha value is -4.87. The summed E-state index contributed by atoms with van der Waals surface area (Å²) in [7, 11) is -3.67. The van der Waals surface area contributed by atoms with Crippen LogP contribution in [0.1, 0.15) is 89.6 Å². The van der Waals surface area contributed by atoms with Gasteiger partial charge in [0.2, 0.25) is 20.0 Å². The van der Waals surface area contributed by atoms with Gasteiger partial charge in [-0.2, -0.15) is 0 Å². The number of hydrogen-bond acceptors (Lipinski definition) is 16. The van der Waals surface area contributed by atoms with Crippen molar-refractivity contribution in [3.63, 3.8) is 0 Å². The summed E-state index contributed by atoms with van der Waals surface area (Å²) >= 11 is 25.8. The quantitative estimate of drug-likeness (QED) is 0.0247. The number of nitrogens with one attached hydrogen (secondary N) is 5. The van der Waals surface area contributed by atoms with E-state index in [-0.39, 0.29) is 150 Å². The molecule has 0 fully saturated rings. The van der Waals surface area contributed by atoms with Crippen LogP contribution in [0.4, 0.5) is 0 Å². The Kier molecular flexibility index (Phi) is 29.3. The molecule has 486 valence electrons. The van der Waals surface area contributed by atoms with E-state index >= 15 is 0 Å². The van der Waals surface area contributed by atoms with Gasteiger partial charge in [0, 0.05) is 114 Å². The van der Waals surface area contributed by atoms with Gasteiger partial charge < -0.3 is 58.9 Å². The summed E-state index contributed by atoms with van der Waals surface area (Å²) in [5.41, 5.74) is 5.89. The molecule has 2 heterocycles. The summed E-state index contributed by atoms with van der Waals surface area (Å²) in [5, 5.41) is 10.5. The molecule has 0 aromatic heterocycles. The van der Waals surface area contributed by atoms with Crippen LogP contribution in [0.2, 0.25) is 20.1 Å². The van der Waals surface area contributed by atoms with E-state index in [1.54, 1.807) is 48.5 Å². The maximum atomic E-state index is 13.3. The van der Waals surface area contributed by atoms with Gasteiger partial charge in [-0.05, 0) is 121 Å². The van der Waals surface area contributed by atoms with Crippen LogP contribution >= 0.6 is 46.4 Å². The zero-order valence-electron chi connectivity index (χ0n) is 50.2. The summed E-state index contributed by atoms with van der Waals surface area (Å²) in [6.07, 6.45) is 0.826. The highest BCUT2D eigenvalue weighted by atomic mass is 35.5. The normalized spacial score (nSPS) is 15.4. The Morgan fingerprint density at radius 2 is 0.775 bits per heavy atom. The van der Waals surface area contributed by atoms with E-state index in [0.717, 1.165) is 39.8 Å². The van der Waals surface area contributed by atoms with Gasteiger partial charge in [-0.25, -0.2) is 26.3 Å². The molecule has 89 heavy (non-hydrogen) atoms. The molecule has 0 spiro atoms. The smallest absolute Gasteiger partial charge is 0.251 e. The van der Waals surface area contributed by atoms with Crippen LogP contribution in [0.3, 0.4) is 0 Å². The second-order valence-corrected chi connectivity index (χ2v) is 26.4. The van der Waals surface area contributed by atoms with Crippen LogP contribution in [-0.4, -0.2) is 197 Å². The van der Waals surface area contributed by atoms with E-state index in [0.29, 0.717) is 59.5 Å². The minimum Gasteiger partial charge on any atom is -0.380 e. The van der Waals surface area contributed by atoms with Crippen molar-refractivity contribution in [2.24, 2.45) is 0 Å². The Morgan fingerprint density at radius 1 is 0.449 bits per heavy atom. The van der Waals surface area contributed by atoms with Crippen molar-refractivity contribution >= 4 is 84.2 Å². The number of carbonyl (C=O) groups is 3. The van der Waals surface area contributed by atoms with Crippen LogP contribution in [0.15, 0.2) is 101 Å². The van der Waals surface area contributed by atoms with Crippen molar-refractivity contribution < 1.29 is 64.4 Å². The average Bonchev–Trinajstić information content (AvgIpc) is 1.14. The second-order valence-electron chi connectivity index (χ2n) is 21.2. The summed E-state index contributed by atoms with van der Waals surface area (Å²) in [5.74, 6) is -1.75. The largest absolute Gasteiger partial charge is 0.380 e. The van der Waals surface area contributed by atoms with Gasteiger partial charge in [-0.1, -0.05) is 77.6 Å². The highest BCUT2D eigenvalue weighted by molar-refractivity contribution is 7.89. The van der Waals surface area contributed by atoms with Crippen LogP contribution in [0, 0.1) is 0 Å². The molecule has 0 saturated carbocycles. The molecule has 3 amide bonds. The second kappa shape index (κ2) is 36.4. The first-order valence-corrected chi connectivity index (χ1v) is 33.9. The van der Waals surface area contributed by atoms with Gasteiger partial charge in [0.15, 0.2) is 0 Å². The third kappa shape index (κ3) is 22.4. The number of sulfonamides is 2. The number of carbonyl (C=O) groups excluding carboxylic acids is 3. The van der Waals surface area contributed by atoms with Gasteiger partial charge >= 0.3 is 0 Å². The SMILES string of the molecule is CCCOCCNC(=O)c1cc(C(=O)NCCOCCOCCOCCNS(=O)(=O)c2cccc(C3CN(C)Cc4c(Cl)cc(Cl)cc43)c2)cc(C(=O)NCCOCCOCCOCCNS(=O)(=O)c2cccc(C3CN(C)Cc4c(Cl)cc(Cl)cc43)c2)c1. The van der Waals surface area contributed by atoms with E-state index in [1.807, 2.05) is 45.3 Å².